The van der Waals surface area contributed by atoms with Crippen LogP contribution < -0.4 is 4.74 Å². The van der Waals surface area contributed by atoms with Gasteiger partial charge in [-0.1, -0.05) is 11.6 Å². The molecule has 1 aromatic carbocycles. The van der Waals surface area contributed by atoms with Crippen LogP contribution in [0.3, 0.4) is 0 Å². The number of piperazine rings is 1. The Labute approximate surface area is 127 Å². The van der Waals surface area contributed by atoms with E-state index in [9.17, 15) is 0 Å². The van der Waals surface area contributed by atoms with Crippen LogP contribution in [0.5, 0.6) is 5.75 Å². The highest BCUT2D eigenvalue weighted by Gasteiger charge is 2.13. The second kappa shape index (κ2) is 7.30. The molecule has 112 valence electrons. The maximum absolute atomic E-state index is 6.03. The van der Waals surface area contributed by atoms with Gasteiger partial charge < -0.3 is 14.5 Å². The molecule has 0 radical (unpaired) electrons. The summed E-state index contributed by atoms with van der Waals surface area (Å²) in [6, 6.07) is 3.93. The Morgan fingerprint density at radius 3 is 2.30 bits per heavy atom. The quantitative estimate of drug-likeness (QED) is 0.777. The first-order valence-electron chi connectivity index (χ1n) is 7.36. The summed E-state index contributed by atoms with van der Waals surface area (Å²) in [5.41, 5.74) is 2.24. The van der Waals surface area contributed by atoms with Crippen LogP contribution in [0, 0.1) is 13.8 Å². The zero-order valence-electron chi connectivity index (χ0n) is 12.8. The molecule has 3 nitrogen and oxygen atoms in total. The summed E-state index contributed by atoms with van der Waals surface area (Å²) in [4.78, 5) is 4.90. The number of hydrogen-bond acceptors (Lipinski definition) is 3. The summed E-state index contributed by atoms with van der Waals surface area (Å²) in [7, 11) is 2.19. The maximum atomic E-state index is 6.03. The fourth-order valence-electron chi connectivity index (χ4n) is 2.66. The van der Waals surface area contributed by atoms with Gasteiger partial charge in [-0.15, -0.1) is 0 Å². The van der Waals surface area contributed by atoms with Gasteiger partial charge in [0.2, 0.25) is 0 Å². The molecule has 0 aliphatic carbocycles. The van der Waals surface area contributed by atoms with Crippen molar-refractivity contribution in [2.45, 2.75) is 20.3 Å². The molecule has 0 N–H and O–H groups in total. The number of likely N-dealkylation sites (N-methyl/N-ethyl adjacent to an activating group) is 1. The highest BCUT2D eigenvalue weighted by molar-refractivity contribution is 6.30. The average Bonchev–Trinajstić information content (AvgIpc) is 2.39. The summed E-state index contributed by atoms with van der Waals surface area (Å²) < 4.78 is 5.94. The Hall–Kier alpha value is -0.770. The van der Waals surface area contributed by atoms with Crippen LogP contribution in [0.4, 0.5) is 0 Å². The molecule has 1 fully saturated rings. The molecule has 0 saturated carbocycles. The molecule has 0 aromatic heterocycles. The van der Waals surface area contributed by atoms with E-state index in [0.29, 0.717) is 0 Å². The second-order valence-corrected chi connectivity index (χ2v) is 6.15. The lowest BCUT2D eigenvalue weighted by Crippen LogP contribution is -2.44. The van der Waals surface area contributed by atoms with Crippen molar-refractivity contribution in [3.63, 3.8) is 0 Å². The largest absolute Gasteiger partial charge is 0.493 e. The number of hydrogen-bond donors (Lipinski definition) is 0. The molecule has 0 unspecified atom stereocenters. The van der Waals surface area contributed by atoms with E-state index in [1.54, 1.807) is 0 Å². The third kappa shape index (κ3) is 4.37. The number of halogens is 1. The first-order chi connectivity index (χ1) is 9.56. The van der Waals surface area contributed by atoms with Gasteiger partial charge in [0.05, 0.1) is 6.61 Å². The Balaban J connectivity index is 1.74. The summed E-state index contributed by atoms with van der Waals surface area (Å²) in [5, 5.41) is 0.782. The van der Waals surface area contributed by atoms with Gasteiger partial charge in [0.1, 0.15) is 5.75 Å². The van der Waals surface area contributed by atoms with E-state index in [0.717, 1.165) is 41.5 Å². The summed E-state index contributed by atoms with van der Waals surface area (Å²) in [6.07, 6.45) is 1.07. The van der Waals surface area contributed by atoms with Crippen molar-refractivity contribution in [1.29, 1.82) is 0 Å². The van der Waals surface area contributed by atoms with Crippen LogP contribution in [0.1, 0.15) is 17.5 Å². The van der Waals surface area contributed by atoms with Crippen LogP contribution in [0.25, 0.3) is 0 Å². The lowest BCUT2D eigenvalue weighted by molar-refractivity contribution is 0.145. The molecule has 0 amide bonds. The van der Waals surface area contributed by atoms with Crippen molar-refractivity contribution < 1.29 is 4.74 Å². The zero-order chi connectivity index (χ0) is 14.5. The number of aryl methyl sites for hydroxylation is 2. The second-order valence-electron chi connectivity index (χ2n) is 5.72. The van der Waals surface area contributed by atoms with Crippen molar-refractivity contribution in [2.75, 3.05) is 46.4 Å². The van der Waals surface area contributed by atoms with E-state index >= 15 is 0 Å². The van der Waals surface area contributed by atoms with Gasteiger partial charge >= 0.3 is 0 Å². The number of rotatable bonds is 5. The molecule has 20 heavy (non-hydrogen) atoms. The van der Waals surface area contributed by atoms with Gasteiger partial charge in [0, 0.05) is 37.7 Å². The molecular weight excluding hydrogens is 272 g/mol. The topological polar surface area (TPSA) is 15.7 Å². The summed E-state index contributed by atoms with van der Waals surface area (Å²) in [5.74, 6) is 0.993. The molecule has 1 aliphatic rings. The highest BCUT2D eigenvalue weighted by Crippen LogP contribution is 2.27. The molecule has 1 heterocycles. The molecule has 0 atom stereocenters. The molecule has 1 aromatic rings. The number of nitrogens with zero attached hydrogens (tertiary/aromatic N) is 2. The standard InChI is InChI=1S/C16H25ClN2O/c1-13-11-15(17)12-14(2)16(13)20-10-4-5-19-8-6-18(3)7-9-19/h11-12H,4-10H2,1-3H3. The van der Waals surface area contributed by atoms with Crippen molar-refractivity contribution in [3.8, 4) is 5.75 Å². The fourth-order valence-corrected chi connectivity index (χ4v) is 2.99. The minimum Gasteiger partial charge on any atom is -0.493 e. The smallest absolute Gasteiger partial charge is 0.125 e. The number of ether oxygens (including phenoxy) is 1. The minimum absolute atomic E-state index is 0.773. The van der Waals surface area contributed by atoms with Gasteiger partial charge in [0.15, 0.2) is 0 Å². The Morgan fingerprint density at radius 2 is 1.70 bits per heavy atom. The molecule has 1 aliphatic heterocycles. The van der Waals surface area contributed by atoms with Gasteiger partial charge in [0.25, 0.3) is 0 Å². The highest BCUT2D eigenvalue weighted by atomic mass is 35.5. The van der Waals surface area contributed by atoms with Gasteiger partial charge in [-0.3, -0.25) is 0 Å². The van der Waals surface area contributed by atoms with E-state index in [1.807, 2.05) is 12.1 Å². The fraction of sp³-hybridized carbons (Fsp3) is 0.625. The number of benzene rings is 1. The Bertz CT molecular complexity index is 419. The summed E-state index contributed by atoms with van der Waals surface area (Å²) >= 11 is 6.03. The molecule has 2 rings (SSSR count). The van der Waals surface area contributed by atoms with Crippen LogP contribution in [-0.4, -0.2) is 56.2 Å². The average molecular weight is 297 g/mol. The molecule has 0 spiro atoms. The SMILES string of the molecule is Cc1cc(Cl)cc(C)c1OCCCN1CCN(C)CC1. The monoisotopic (exact) mass is 296 g/mol. The van der Waals surface area contributed by atoms with Crippen LogP contribution >= 0.6 is 11.6 Å². The molecule has 1 saturated heterocycles. The lowest BCUT2D eigenvalue weighted by Gasteiger charge is -2.32. The van der Waals surface area contributed by atoms with Crippen molar-refractivity contribution in [2.24, 2.45) is 0 Å². The maximum Gasteiger partial charge on any atom is 0.125 e. The van der Waals surface area contributed by atoms with Crippen molar-refractivity contribution in [3.05, 3.63) is 28.3 Å². The third-order valence-corrected chi connectivity index (χ3v) is 4.10. The van der Waals surface area contributed by atoms with Crippen molar-refractivity contribution in [1.82, 2.24) is 9.80 Å². The van der Waals surface area contributed by atoms with Gasteiger partial charge in [-0.25, -0.2) is 0 Å². The predicted molar refractivity (Wildman–Crippen MR) is 85.0 cm³/mol. The van der Waals surface area contributed by atoms with E-state index in [4.69, 9.17) is 16.3 Å². The van der Waals surface area contributed by atoms with E-state index in [2.05, 4.69) is 30.7 Å². The van der Waals surface area contributed by atoms with E-state index < -0.39 is 0 Å². The van der Waals surface area contributed by atoms with Crippen LogP contribution in [0.2, 0.25) is 5.02 Å². The minimum atomic E-state index is 0.773. The molecular formula is C16H25ClN2O. The Kier molecular flexibility index (Phi) is 5.70. The first-order valence-corrected chi connectivity index (χ1v) is 7.74. The van der Waals surface area contributed by atoms with E-state index in [1.165, 1.54) is 26.2 Å². The summed E-state index contributed by atoms with van der Waals surface area (Å²) in [6.45, 7) is 10.7. The first kappa shape index (κ1) is 15.6. The van der Waals surface area contributed by atoms with Crippen molar-refractivity contribution >= 4 is 11.6 Å². The van der Waals surface area contributed by atoms with Gasteiger partial charge in [-0.2, -0.15) is 0 Å². The van der Waals surface area contributed by atoms with E-state index in [-0.39, 0.29) is 0 Å². The normalized spacial score (nSPS) is 17.4. The Morgan fingerprint density at radius 1 is 1.10 bits per heavy atom. The molecule has 0 bridgehead atoms. The predicted octanol–water partition coefficient (Wildman–Crippen LogP) is 2.97. The third-order valence-electron chi connectivity index (χ3n) is 3.89. The lowest BCUT2D eigenvalue weighted by atomic mass is 10.1. The van der Waals surface area contributed by atoms with Crippen LogP contribution in [0.15, 0.2) is 12.1 Å². The van der Waals surface area contributed by atoms with Gasteiger partial charge in [-0.05, 0) is 50.6 Å². The van der Waals surface area contributed by atoms with Crippen LogP contribution in [-0.2, 0) is 0 Å². The molecule has 4 heteroatoms. The zero-order valence-corrected chi connectivity index (χ0v) is 13.5.